The summed E-state index contributed by atoms with van der Waals surface area (Å²) < 4.78 is 14.3. The zero-order valence-electron chi connectivity index (χ0n) is 14.0. The van der Waals surface area contributed by atoms with Crippen LogP contribution in [0.2, 0.25) is 0 Å². The molecule has 0 aliphatic heterocycles. The second-order valence-corrected chi connectivity index (χ2v) is 4.69. The van der Waals surface area contributed by atoms with Crippen LogP contribution in [-0.2, 0) is 19.0 Å². The summed E-state index contributed by atoms with van der Waals surface area (Å²) in [6, 6.07) is 0. The Hall–Kier alpha value is -2.84. The van der Waals surface area contributed by atoms with E-state index in [4.69, 9.17) is 9.47 Å². The molecule has 0 spiro atoms. The van der Waals surface area contributed by atoms with Crippen LogP contribution >= 0.6 is 0 Å². The molecule has 1 heterocycles. The van der Waals surface area contributed by atoms with E-state index in [1.165, 1.54) is 0 Å². The van der Waals surface area contributed by atoms with Gasteiger partial charge in [-0.25, -0.2) is 14.4 Å². The summed E-state index contributed by atoms with van der Waals surface area (Å²) in [7, 11) is 0. The Kier molecular flexibility index (Phi) is 6.97. The van der Waals surface area contributed by atoms with Crippen molar-refractivity contribution >= 4 is 23.9 Å². The first-order valence-corrected chi connectivity index (χ1v) is 7.31. The molecule has 0 unspecified atom stereocenters. The van der Waals surface area contributed by atoms with Gasteiger partial charge in [-0.1, -0.05) is 0 Å². The van der Waals surface area contributed by atoms with Gasteiger partial charge in [0.1, 0.15) is 5.69 Å². The van der Waals surface area contributed by atoms with Crippen molar-refractivity contribution in [2.45, 2.75) is 27.7 Å². The molecule has 1 aromatic rings. The summed E-state index contributed by atoms with van der Waals surface area (Å²) in [5.74, 6) is -2.21. The molecule has 2 N–H and O–H groups in total. The number of imide groups is 1. The molecule has 24 heavy (non-hydrogen) atoms. The Bertz CT molecular complexity index is 648. The van der Waals surface area contributed by atoms with E-state index in [2.05, 4.69) is 9.72 Å². The molecule has 1 aromatic heterocycles. The van der Waals surface area contributed by atoms with Gasteiger partial charge < -0.3 is 19.2 Å². The fourth-order valence-electron chi connectivity index (χ4n) is 1.98. The largest absolute Gasteiger partial charge is 0.462 e. The van der Waals surface area contributed by atoms with E-state index in [1.807, 2.05) is 5.32 Å². The van der Waals surface area contributed by atoms with Crippen molar-refractivity contribution in [2.24, 2.45) is 0 Å². The molecule has 9 heteroatoms. The highest BCUT2D eigenvalue weighted by Crippen LogP contribution is 2.19. The van der Waals surface area contributed by atoms with Gasteiger partial charge in [-0.15, -0.1) is 0 Å². The number of amides is 2. The van der Waals surface area contributed by atoms with Crippen LogP contribution < -0.4 is 5.32 Å². The maximum atomic E-state index is 12.0. The number of hydrogen-bond donors (Lipinski definition) is 2. The van der Waals surface area contributed by atoms with Crippen molar-refractivity contribution in [1.29, 1.82) is 0 Å². The van der Waals surface area contributed by atoms with Crippen LogP contribution in [0.1, 0.15) is 46.0 Å². The molecule has 0 saturated heterocycles. The van der Waals surface area contributed by atoms with Gasteiger partial charge in [0.15, 0.2) is 6.61 Å². The molecular formula is C15H20N2O7. The van der Waals surface area contributed by atoms with Crippen LogP contribution in [0.4, 0.5) is 4.79 Å². The van der Waals surface area contributed by atoms with Crippen molar-refractivity contribution in [3.8, 4) is 0 Å². The van der Waals surface area contributed by atoms with Crippen molar-refractivity contribution in [2.75, 3.05) is 19.8 Å². The number of aromatic nitrogens is 1. The Labute approximate surface area is 138 Å². The van der Waals surface area contributed by atoms with E-state index in [1.54, 1.807) is 27.7 Å². The third-order valence-electron chi connectivity index (χ3n) is 2.97. The van der Waals surface area contributed by atoms with Crippen molar-refractivity contribution in [3.63, 3.8) is 0 Å². The fourth-order valence-corrected chi connectivity index (χ4v) is 1.98. The highest BCUT2D eigenvalue weighted by atomic mass is 16.6. The number of aryl methyl sites for hydroxylation is 1. The van der Waals surface area contributed by atoms with Gasteiger partial charge in [-0.2, -0.15) is 0 Å². The number of carbonyl (C=O) groups excluding carboxylic acids is 4. The third kappa shape index (κ3) is 4.83. The molecule has 0 fully saturated rings. The highest BCUT2D eigenvalue weighted by Gasteiger charge is 2.24. The standard InChI is InChI=1S/C15H20N2O7/c1-5-22-13(19)11-8(3)12(16-9(11)4)14(20)24-7-10(18)17-15(21)23-6-2/h16H,5-7H2,1-4H3,(H,17,18,21). The number of aromatic amines is 1. The maximum Gasteiger partial charge on any atom is 0.413 e. The van der Waals surface area contributed by atoms with Gasteiger partial charge in [0.25, 0.3) is 5.91 Å². The first-order valence-electron chi connectivity index (χ1n) is 7.31. The van der Waals surface area contributed by atoms with Gasteiger partial charge in [0.05, 0.1) is 18.8 Å². The molecule has 2 amide bonds. The van der Waals surface area contributed by atoms with Crippen LogP contribution in [-0.4, -0.2) is 48.7 Å². The smallest absolute Gasteiger partial charge is 0.413 e. The summed E-state index contributed by atoms with van der Waals surface area (Å²) in [6.45, 7) is 6.08. The number of H-pyrrole nitrogens is 1. The normalized spacial score (nSPS) is 10.0. The quantitative estimate of drug-likeness (QED) is 0.589. The van der Waals surface area contributed by atoms with Gasteiger partial charge in [-0.3, -0.25) is 10.1 Å². The molecule has 132 valence electrons. The monoisotopic (exact) mass is 340 g/mol. The predicted molar refractivity (Wildman–Crippen MR) is 81.7 cm³/mol. The lowest BCUT2D eigenvalue weighted by Crippen LogP contribution is -2.34. The summed E-state index contributed by atoms with van der Waals surface area (Å²) in [5.41, 5.74) is 1.11. The van der Waals surface area contributed by atoms with Gasteiger partial charge in [0, 0.05) is 5.69 Å². The van der Waals surface area contributed by atoms with E-state index in [9.17, 15) is 19.2 Å². The Morgan fingerprint density at radius 3 is 2.17 bits per heavy atom. The van der Waals surface area contributed by atoms with Crippen LogP contribution in [0.15, 0.2) is 0 Å². The number of ether oxygens (including phenoxy) is 3. The van der Waals surface area contributed by atoms with Crippen LogP contribution in [0.5, 0.6) is 0 Å². The Morgan fingerprint density at radius 2 is 1.58 bits per heavy atom. The first kappa shape index (κ1) is 19.2. The Morgan fingerprint density at radius 1 is 0.958 bits per heavy atom. The predicted octanol–water partition coefficient (Wildman–Crippen LogP) is 1.24. The lowest BCUT2D eigenvalue weighted by molar-refractivity contribution is -0.123. The van der Waals surface area contributed by atoms with Gasteiger partial charge in [-0.05, 0) is 33.3 Å². The van der Waals surface area contributed by atoms with Crippen LogP contribution in [0.3, 0.4) is 0 Å². The van der Waals surface area contributed by atoms with Crippen LogP contribution in [0.25, 0.3) is 0 Å². The van der Waals surface area contributed by atoms with E-state index in [-0.39, 0.29) is 24.5 Å². The number of alkyl carbamates (subject to hydrolysis) is 1. The molecule has 0 atom stereocenters. The van der Waals surface area contributed by atoms with E-state index in [0.29, 0.717) is 11.3 Å². The molecule has 0 aliphatic rings. The lowest BCUT2D eigenvalue weighted by atomic mass is 10.1. The molecule has 9 nitrogen and oxygen atoms in total. The summed E-state index contributed by atoms with van der Waals surface area (Å²) in [4.78, 5) is 49.1. The second kappa shape index (κ2) is 8.70. The zero-order valence-corrected chi connectivity index (χ0v) is 14.0. The average Bonchev–Trinajstić information content (AvgIpc) is 2.80. The van der Waals surface area contributed by atoms with E-state index < -0.39 is 30.5 Å². The molecule has 1 rings (SSSR count). The maximum absolute atomic E-state index is 12.0. The van der Waals surface area contributed by atoms with Crippen molar-refractivity contribution in [1.82, 2.24) is 10.3 Å². The molecule has 0 saturated carbocycles. The van der Waals surface area contributed by atoms with Crippen molar-refractivity contribution < 1.29 is 33.4 Å². The number of esters is 2. The average molecular weight is 340 g/mol. The van der Waals surface area contributed by atoms with E-state index in [0.717, 1.165) is 0 Å². The first-order chi connectivity index (χ1) is 11.3. The third-order valence-corrected chi connectivity index (χ3v) is 2.97. The molecular weight excluding hydrogens is 320 g/mol. The van der Waals surface area contributed by atoms with Gasteiger partial charge in [0.2, 0.25) is 0 Å². The number of hydrogen-bond acceptors (Lipinski definition) is 7. The topological polar surface area (TPSA) is 124 Å². The fraction of sp³-hybridized carbons (Fsp3) is 0.467. The minimum Gasteiger partial charge on any atom is -0.462 e. The zero-order chi connectivity index (χ0) is 18.3. The summed E-state index contributed by atoms with van der Waals surface area (Å²) >= 11 is 0. The van der Waals surface area contributed by atoms with Crippen LogP contribution in [0, 0.1) is 13.8 Å². The van der Waals surface area contributed by atoms with Crippen molar-refractivity contribution in [3.05, 3.63) is 22.5 Å². The molecule has 0 bridgehead atoms. The lowest BCUT2D eigenvalue weighted by Gasteiger charge is -2.06. The number of rotatable bonds is 6. The highest BCUT2D eigenvalue weighted by molar-refractivity contribution is 5.99. The number of nitrogens with one attached hydrogen (secondary N) is 2. The molecule has 0 aromatic carbocycles. The number of carbonyl (C=O) groups is 4. The van der Waals surface area contributed by atoms with E-state index >= 15 is 0 Å². The minimum absolute atomic E-state index is 0.0412. The molecule has 0 aliphatic carbocycles. The summed E-state index contributed by atoms with van der Waals surface area (Å²) in [5, 5.41) is 1.89. The summed E-state index contributed by atoms with van der Waals surface area (Å²) in [6.07, 6.45) is -0.921. The SMILES string of the molecule is CCOC(=O)NC(=O)COC(=O)c1[nH]c(C)c(C(=O)OCC)c1C. The Balaban J connectivity index is 2.72. The second-order valence-electron chi connectivity index (χ2n) is 4.69. The van der Waals surface area contributed by atoms with Gasteiger partial charge >= 0.3 is 18.0 Å². The molecule has 0 radical (unpaired) electrons. The minimum atomic E-state index is -0.921.